The Kier molecular flexibility index (Phi) is 3.81. The number of hydrogen-bond donors (Lipinski definition) is 1. The summed E-state index contributed by atoms with van der Waals surface area (Å²) in [5.41, 5.74) is 0.720. The molecule has 22 heavy (non-hydrogen) atoms. The van der Waals surface area contributed by atoms with Crippen LogP contribution in [-0.2, 0) is 9.53 Å². The number of allylic oxidation sites excluding steroid dienone is 1. The molecule has 0 saturated carbocycles. The molecule has 1 atom stereocenters. The third-order valence-corrected chi connectivity index (χ3v) is 3.67. The molecule has 1 amide bonds. The number of rotatable bonds is 3. The first-order valence-corrected chi connectivity index (χ1v) is 6.94. The molecule has 2 aliphatic rings. The van der Waals surface area contributed by atoms with E-state index < -0.39 is 18.0 Å². The number of aliphatic hydroxyl groups excluding tert-OH is 1. The lowest BCUT2D eigenvalue weighted by Crippen LogP contribution is -2.27. The first kappa shape index (κ1) is 14.5. The Labute approximate surface area is 126 Å². The molecule has 1 aromatic carbocycles. The van der Waals surface area contributed by atoms with Crippen LogP contribution in [0.4, 0.5) is 20.6 Å². The molecular weight excluding hydrogens is 291 g/mol. The van der Waals surface area contributed by atoms with E-state index in [0.717, 1.165) is 0 Å². The summed E-state index contributed by atoms with van der Waals surface area (Å²) in [5, 5.41) is 9.02. The second kappa shape index (κ2) is 5.76. The zero-order valence-electron chi connectivity index (χ0n) is 11.7. The molecule has 1 saturated heterocycles. The molecule has 0 unspecified atom stereocenters. The van der Waals surface area contributed by atoms with Gasteiger partial charge in [-0.15, -0.1) is 0 Å². The molecular formula is C15H15FN2O4. The Morgan fingerprint density at radius 3 is 2.77 bits per heavy atom. The van der Waals surface area contributed by atoms with Crippen molar-refractivity contribution in [3.63, 3.8) is 0 Å². The molecule has 1 N–H and O–H groups in total. The van der Waals surface area contributed by atoms with Crippen molar-refractivity contribution in [1.29, 1.82) is 0 Å². The highest BCUT2D eigenvalue weighted by atomic mass is 19.1. The van der Waals surface area contributed by atoms with Gasteiger partial charge in [-0.25, -0.2) is 9.18 Å². The van der Waals surface area contributed by atoms with E-state index >= 15 is 0 Å². The Hall–Kier alpha value is -2.41. The number of amides is 1. The molecule has 0 aliphatic carbocycles. The molecule has 2 aliphatic heterocycles. The van der Waals surface area contributed by atoms with E-state index in [1.807, 2.05) is 0 Å². The Morgan fingerprint density at radius 1 is 1.36 bits per heavy atom. The minimum Gasteiger partial charge on any atom is -0.441 e. The molecule has 3 rings (SSSR count). The molecule has 2 heterocycles. The van der Waals surface area contributed by atoms with Crippen molar-refractivity contribution in [3.05, 3.63) is 36.3 Å². The third kappa shape index (κ3) is 2.67. The summed E-state index contributed by atoms with van der Waals surface area (Å²) in [4.78, 5) is 25.8. The Morgan fingerprint density at radius 2 is 2.18 bits per heavy atom. The Bertz CT molecular complexity index is 646. The number of hydrogen-bond acceptors (Lipinski definition) is 5. The topological polar surface area (TPSA) is 70.1 Å². The predicted molar refractivity (Wildman–Crippen MR) is 77.2 cm³/mol. The number of aliphatic hydroxyl groups is 1. The summed E-state index contributed by atoms with van der Waals surface area (Å²) in [7, 11) is 0. The van der Waals surface area contributed by atoms with Gasteiger partial charge in [-0.3, -0.25) is 9.69 Å². The minimum atomic E-state index is -0.602. The number of carbonyl (C=O) groups excluding carboxylic acids is 2. The van der Waals surface area contributed by atoms with Gasteiger partial charge in [0.1, 0.15) is 11.9 Å². The summed E-state index contributed by atoms with van der Waals surface area (Å²) in [6.07, 6.45) is 2.12. The minimum absolute atomic E-state index is 0.0168. The van der Waals surface area contributed by atoms with Crippen LogP contribution in [0.2, 0.25) is 0 Å². The highest BCUT2D eigenvalue weighted by molar-refractivity contribution is 5.92. The maximum atomic E-state index is 14.3. The predicted octanol–water partition coefficient (Wildman–Crippen LogP) is 1.44. The fourth-order valence-electron chi connectivity index (χ4n) is 2.49. The van der Waals surface area contributed by atoms with E-state index in [-0.39, 0.29) is 18.9 Å². The van der Waals surface area contributed by atoms with Gasteiger partial charge < -0.3 is 14.7 Å². The lowest BCUT2D eigenvalue weighted by molar-refractivity contribution is -0.114. The molecule has 1 aromatic rings. The first-order chi connectivity index (χ1) is 10.6. The number of carbonyl (C=O) groups is 2. The van der Waals surface area contributed by atoms with Gasteiger partial charge in [-0.1, -0.05) is 0 Å². The molecule has 0 aromatic heterocycles. The summed E-state index contributed by atoms with van der Waals surface area (Å²) in [6, 6.07) is 4.43. The summed E-state index contributed by atoms with van der Waals surface area (Å²) >= 11 is 0. The fourth-order valence-corrected chi connectivity index (χ4v) is 2.49. The Balaban J connectivity index is 1.82. The van der Waals surface area contributed by atoms with E-state index in [1.54, 1.807) is 23.2 Å². The first-order valence-electron chi connectivity index (χ1n) is 6.94. The van der Waals surface area contributed by atoms with Crippen LogP contribution in [0, 0.1) is 5.82 Å². The highest BCUT2D eigenvalue weighted by Crippen LogP contribution is 2.28. The summed E-state index contributed by atoms with van der Waals surface area (Å²) in [6.45, 7) is 0.339. The van der Waals surface area contributed by atoms with Gasteiger partial charge in [-0.05, 0) is 24.3 Å². The molecule has 0 bridgehead atoms. The molecule has 6 nitrogen and oxygen atoms in total. The van der Waals surface area contributed by atoms with Gasteiger partial charge in [0.15, 0.2) is 5.78 Å². The lowest BCUT2D eigenvalue weighted by atomic mass is 10.1. The zero-order valence-corrected chi connectivity index (χ0v) is 11.7. The van der Waals surface area contributed by atoms with Crippen LogP contribution >= 0.6 is 0 Å². The van der Waals surface area contributed by atoms with Crippen LogP contribution in [0.25, 0.3) is 0 Å². The van der Waals surface area contributed by atoms with Crippen molar-refractivity contribution < 1.29 is 23.8 Å². The third-order valence-electron chi connectivity index (χ3n) is 3.67. The maximum absolute atomic E-state index is 14.3. The highest BCUT2D eigenvalue weighted by Gasteiger charge is 2.32. The van der Waals surface area contributed by atoms with Gasteiger partial charge in [-0.2, -0.15) is 0 Å². The van der Waals surface area contributed by atoms with Crippen molar-refractivity contribution in [1.82, 2.24) is 0 Å². The van der Waals surface area contributed by atoms with Gasteiger partial charge in [0.05, 0.1) is 24.5 Å². The monoisotopic (exact) mass is 306 g/mol. The molecule has 7 heteroatoms. The van der Waals surface area contributed by atoms with E-state index in [2.05, 4.69) is 0 Å². The molecule has 0 spiro atoms. The largest absolute Gasteiger partial charge is 0.441 e. The van der Waals surface area contributed by atoms with Crippen LogP contribution < -0.4 is 9.80 Å². The van der Waals surface area contributed by atoms with Crippen molar-refractivity contribution in [2.45, 2.75) is 12.5 Å². The van der Waals surface area contributed by atoms with Crippen LogP contribution in [-0.4, -0.2) is 42.8 Å². The second-order valence-corrected chi connectivity index (χ2v) is 5.16. The zero-order chi connectivity index (χ0) is 15.7. The number of nitrogens with zero attached hydrogens (tertiary/aromatic N) is 2. The molecule has 0 radical (unpaired) electrons. The molecule has 116 valence electrons. The standard InChI is InChI=1S/C15H15FN2O4/c16-13-7-10(18-8-12(9-19)22-15(18)21)1-2-14(13)17-5-3-11(20)4-6-17/h1-3,5,7,12,19H,4,6,8-9H2/t12-/m1/s1. The van der Waals surface area contributed by atoms with Crippen LogP contribution in [0.15, 0.2) is 30.5 Å². The number of benzene rings is 1. The number of ether oxygens (including phenoxy) is 1. The normalized spacial score (nSPS) is 21.5. The van der Waals surface area contributed by atoms with Crippen molar-refractivity contribution in [2.75, 3.05) is 29.5 Å². The van der Waals surface area contributed by atoms with E-state index in [4.69, 9.17) is 9.84 Å². The van der Waals surface area contributed by atoms with Gasteiger partial charge in [0.2, 0.25) is 0 Å². The van der Waals surface area contributed by atoms with Gasteiger partial charge in [0, 0.05) is 19.2 Å². The van der Waals surface area contributed by atoms with Crippen molar-refractivity contribution in [3.8, 4) is 0 Å². The summed E-state index contributed by atoms with van der Waals surface area (Å²) in [5.74, 6) is -0.472. The van der Waals surface area contributed by atoms with E-state index in [0.29, 0.717) is 24.3 Å². The number of anilines is 2. The maximum Gasteiger partial charge on any atom is 0.414 e. The average molecular weight is 306 g/mol. The average Bonchev–Trinajstić information content (AvgIpc) is 2.89. The van der Waals surface area contributed by atoms with Crippen molar-refractivity contribution >= 4 is 23.3 Å². The number of cyclic esters (lactones) is 1. The summed E-state index contributed by atoms with van der Waals surface area (Å²) < 4.78 is 19.2. The smallest absolute Gasteiger partial charge is 0.414 e. The van der Waals surface area contributed by atoms with Crippen LogP contribution in [0.3, 0.4) is 0 Å². The van der Waals surface area contributed by atoms with Crippen LogP contribution in [0.1, 0.15) is 6.42 Å². The van der Waals surface area contributed by atoms with E-state index in [9.17, 15) is 14.0 Å². The SMILES string of the molecule is O=C1C=CN(c2ccc(N3C[C@H](CO)OC3=O)cc2F)CC1. The quantitative estimate of drug-likeness (QED) is 0.915. The van der Waals surface area contributed by atoms with E-state index in [1.165, 1.54) is 17.0 Å². The van der Waals surface area contributed by atoms with Crippen LogP contribution in [0.5, 0.6) is 0 Å². The fraction of sp³-hybridized carbons (Fsp3) is 0.333. The number of ketones is 1. The lowest BCUT2D eigenvalue weighted by Gasteiger charge is -2.24. The van der Waals surface area contributed by atoms with Gasteiger partial charge >= 0.3 is 6.09 Å². The van der Waals surface area contributed by atoms with Gasteiger partial charge in [0.25, 0.3) is 0 Å². The second-order valence-electron chi connectivity index (χ2n) is 5.16. The number of halogens is 1. The van der Waals surface area contributed by atoms with Crippen molar-refractivity contribution in [2.24, 2.45) is 0 Å². The molecule has 1 fully saturated rings.